The van der Waals surface area contributed by atoms with Gasteiger partial charge >= 0.3 is 0 Å². The molecule has 0 radical (unpaired) electrons. The summed E-state index contributed by atoms with van der Waals surface area (Å²) in [6.45, 7) is 6.13. The summed E-state index contributed by atoms with van der Waals surface area (Å²) in [4.78, 5) is 13.6. The minimum absolute atomic E-state index is 0.0169. The SMILES string of the molecule is CC[NH+](CC(=O)Nc1cccc(OC)c1)Cc1cc(C)ccc1OC. The minimum atomic E-state index is -0.0169. The first-order chi connectivity index (χ1) is 12.0. The summed E-state index contributed by atoms with van der Waals surface area (Å²) in [5.74, 6) is 1.57. The largest absolute Gasteiger partial charge is 0.497 e. The Kier molecular flexibility index (Phi) is 6.83. The number of rotatable bonds is 8. The molecule has 5 heteroatoms. The predicted molar refractivity (Wildman–Crippen MR) is 99.4 cm³/mol. The highest BCUT2D eigenvalue weighted by Crippen LogP contribution is 2.19. The van der Waals surface area contributed by atoms with Crippen molar-refractivity contribution in [2.45, 2.75) is 20.4 Å². The molecule has 0 fully saturated rings. The standard InChI is InChI=1S/C20H26N2O3/c1-5-22(13-16-11-15(2)9-10-19(16)25-4)14-20(23)21-17-7-6-8-18(12-17)24-3/h6-12H,5,13-14H2,1-4H3,(H,21,23)/p+1. The number of methoxy groups -OCH3 is 2. The normalized spacial score (nSPS) is 11.7. The first-order valence-corrected chi connectivity index (χ1v) is 8.46. The van der Waals surface area contributed by atoms with E-state index < -0.39 is 0 Å². The number of nitrogens with one attached hydrogen (secondary N) is 2. The van der Waals surface area contributed by atoms with Crippen molar-refractivity contribution < 1.29 is 19.2 Å². The molecular weight excluding hydrogens is 316 g/mol. The molecule has 0 bridgehead atoms. The lowest BCUT2D eigenvalue weighted by Gasteiger charge is -2.19. The van der Waals surface area contributed by atoms with E-state index in [9.17, 15) is 4.79 Å². The molecule has 0 heterocycles. The third-order valence-corrected chi connectivity index (χ3v) is 4.14. The molecular formula is C20H27N2O3+. The molecule has 0 spiro atoms. The zero-order valence-electron chi connectivity index (χ0n) is 15.4. The van der Waals surface area contributed by atoms with Crippen LogP contribution < -0.4 is 19.7 Å². The van der Waals surface area contributed by atoms with E-state index in [0.29, 0.717) is 6.54 Å². The number of carbonyl (C=O) groups excluding carboxylic acids is 1. The molecule has 2 rings (SSSR count). The quantitative estimate of drug-likeness (QED) is 0.771. The molecule has 0 aliphatic carbocycles. The zero-order chi connectivity index (χ0) is 18.2. The highest BCUT2D eigenvalue weighted by Gasteiger charge is 2.16. The van der Waals surface area contributed by atoms with E-state index in [0.717, 1.165) is 35.8 Å². The van der Waals surface area contributed by atoms with Crippen LogP contribution in [-0.2, 0) is 11.3 Å². The van der Waals surface area contributed by atoms with E-state index in [1.54, 1.807) is 14.2 Å². The van der Waals surface area contributed by atoms with Crippen LogP contribution in [-0.4, -0.2) is 33.2 Å². The molecule has 1 amide bonds. The molecule has 0 aliphatic rings. The Labute approximate surface area is 149 Å². The van der Waals surface area contributed by atoms with Gasteiger partial charge in [0, 0.05) is 17.3 Å². The monoisotopic (exact) mass is 343 g/mol. The molecule has 0 saturated carbocycles. The van der Waals surface area contributed by atoms with E-state index in [4.69, 9.17) is 9.47 Å². The summed E-state index contributed by atoms with van der Waals surface area (Å²) in [5.41, 5.74) is 3.05. The maximum absolute atomic E-state index is 12.4. The molecule has 2 N–H and O–H groups in total. The average molecular weight is 343 g/mol. The number of anilines is 1. The number of carbonyl (C=O) groups is 1. The third kappa shape index (κ3) is 5.50. The van der Waals surface area contributed by atoms with Gasteiger partial charge in [0.1, 0.15) is 18.0 Å². The second kappa shape index (κ2) is 9.08. The smallest absolute Gasteiger partial charge is 0.279 e. The van der Waals surface area contributed by atoms with Gasteiger partial charge in [-0.15, -0.1) is 0 Å². The molecule has 25 heavy (non-hydrogen) atoms. The highest BCUT2D eigenvalue weighted by atomic mass is 16.5. The van der Waals surface area contributed by atoms with Crippen LogP contribution in [0.15, 0.2) is 42.5 Å². The summed E-state index contributed by atoms with van der Waals surface area (Å²) in [7, 11) is 3.29. The second-order valence-electron chi connectivity index (χ2n) is 6.05. The van der Waals surface area contributed by atoms with Crippen molar-refractivity contribution in [2.75, 3.05) is 32.6 Å². The van der Waals surface area contributed by atoms with E-state index in [-0.39, 0.29) is 5.91 Å². The van der Waals surface area contributed by atoms with Crippen LogP contribution >= 0.6 is 0 Å². The van der Waals surface area contributed by atoms with Crippen molar-refractivity contribution >= 4 is 11.6 Å². The lowest BCUT2D eigenvalue weighted by atomic mass is 10.1. The van der Waals surface area contributed by atoms with Crippen LogP contribution in [0.5, 0.6) is 11.5 Å². The Balaban J connectivity index is 2.01. The molecule has 1 atom stereocenters. The summed E-state index contributed by atoms with van der Waals surface area (Å²) >= 11 is 0. The molecule has 2 aromatic rings. The van der Waals surface area contributed by atoms with Crippen LogP contribution in [0.2, 0.25) is 0 Å². The van der Waals surface area contributed by atoms with Crippen molar-refractivity contribution in [3.8, 4) is 11.5 Å². The van der Waals surface area contributed by atoms with E-state index in [1.807, 2.05) is 36.4 Å². The van der Waals surface area contributed by atoms with Crippen LogP contribution in [0, 0.1) is 6.92 Å². The van der Waals surface area contributed by atoms with Crippen molar-refractivity contribution in [1.29, 1.82) is 0 Å². The predicted octanol–water partition coefficient (Wildman–Crippen LogP) is 2.06. The van der Waals surface area contributed by atoms with E-state index in [1.165, 1.54) is 10.5 Å². The van der Waals surface area contributed by atoms with Gasteiger partial charge in [-0.2, -0.15) is 0 Å². The average Bonchev–Trinajstić information content (AvgIpc) is 2.61. The Bertz CT molecular complexity index is 716. The molecule has 0 aromatic heterocycles. The number of benzene rings is 2. The van der Waals surface area contributed by atoms with E-state index in [2.05, 4.69) is 25.2 Å². The summed E-state index contributed by atoms with van der Waals surface area (Å²) in [6, 6.07) is 13.5. The van der Waals surface area contributed by atoms with Gasteiger partial charge in [-0.05, 0) is 38.1 Å². The summed E-state index contributed by atoms with van der Waals surface area (Å²) in [6.07, 6.45) is 0. The highest BCUT2D eigenvalue weighted by molar-refractivity contribution is 5.91. The first kappa shape index (κ1) is 18.8. The maximum atomic E-state index is 12.4. The van der Waals surface area contributed by atoms with Crippen LogP contribution in [0.1, 0.15) is 18.1 Å². The third-order valence-electron chi connectivity index (χ3n) is 4.14. The number of amides is 1. The van der Waals surface area contributed by atoms with Gasteiger partial charge in [-0.3, -0.25) is 4.79 Å². The number of likely N-dealkylation sites (N-methyl/N-ethyl adjacent to an activating group) is 1. The molecule has 5 nitrogen and oxygen atoms in total. The second-order valence-corrected chi connectivity index (χ2v) is 6.05. The number of quaternary nitrogens is 1. The maximum Gasteiger partial charge on any atom is 0.279 e. The summed E-state index contributed by atoms with van der Waals surface area (Å²) in [5, 5.41) is 2.94. The number of ether oxygens (including phenoxy) is 2. The van der Waals surface area contributed by atoms with Gasteiger partial charge in [0.2, 0.25) is 0 Å². The Morgan fingerprint density at radius 3 is 2.60 bits per heavy atom. The Hall–Kier alpha value is -2.53. The van der Waals surface area contributed by atoms with Crippen molar-refractivity contribution in [2.24, 2.45) is 0 Å². The molecule has 0 saturated heterocycles. The Morgan fingerprint density at radius 1 is 1.12 bits per heavy atom. The van der Waals surface area contributed by atoms with Crippen LogP contribution in [0.25, 0.3) is 0 Å². The Morgan fingerprint density at radius 2 is 1.92 bits per heavy atom. The van der Waals surface area contributed by atoms with Gasteiger partial charge in [0.05, 0.1) is 20.8 Å². The fourth-order valence-electron chi connectivity index (χ4n) is 2.76. The van der Waals surface area contributed by atoms with Crippen molar-refractivity contribution in [3.63, 3.8) is 0 Å². The zero-order valence-corrected chi connectivity index (χ0v) is 15.4. The van der Waals surface area contributed by atoms with Gasteiger partial charge in [0.25, 0.3) is 5.91 Å². The van der Waals surface area contributed by atoms with Gasteiger partial charge in [-0.1, -0.05) is 17.7 Å². The molecule has 134 valence electrons. The van der Waals surface area contributed by atoms with Gasteiger partial charge < -0.3 is 19.7 Å². The molecule has 2 aromatic carbocycles. The van der Waals surface area contributed by atoms with Crippen LogP contribution in [0.4, 0.5) is 5.69 Å². The molecule has 0 aliphatic heterocycles. The number of hydrogen-bond donors (Lipinski definition) is 2. The van der Waals surface area contributed by atoms with Gasteiger partial charge in [0.15, 0.2) is 6.54 Å². The fourth-order valence-corrected chi connectivity index (χ4v) is 2.76. The molecule has 1 unspecified atom stereocenters. The van der Waals surface area contributed by atoms with E-state index >= 15 is 0 Å². The topological polar surface area (TPSA) is 52.0 Å². The number of hydrogen-bond acceptors (Lipinski definition) is 3. The number of aryl methyl sites for hydroxylation is 1. The minimum Gasteiger partial charge on any atom is -0.497 e. The van der Waals surface area contributed by atoms with Crippen molar-refractivity contribution in [1.82, 2.24) is 0 Å². The van der Waals surface area contributed by atoms with Gasteiger partial charge in [-0.25, -0.2) is 0 Å². The lowest BCUT2D eigenvalue weighted by Crippen LogP contribution is -3.11. The van der Waals surface area contributed by atoms with Crippen LogP contribution in [0.3, 0.4) is 0 Å². The fraction of sp³-hybridized carbons (Fsp3) is 0.350. The summed E-state index contributed by atoms with van der Waals surface area (Å²) < 4.78 is 10.6. The van der Waals surface area contributed by atoms with Crippen molar-refractivity contribution in [3.05, 3.63) is 53.6 Å². The lowest BCUT2D eigenvalue weighted by molar-refractivity contribution is -0.903. The first-order valence-electron chi connectivity index (χ1n) is 8.46.